The molecule has 2 heterocycles. The second-order valence-corrected chi connectivity index (χ2v) is 6.54. The van der Waals surface area contributed by atoms with Crippen LogP contribution in [0.4, 0.5) is 23.5 Å². The zero-order chi connectivity index (χ0) is 17.8. The van der Waals surface area contributed by atoms with Crippen molar-refractivity contribution in [2.24, 2.45) is 0 Å². The molecular formula is C11H6F4N6O2S. The molecule has 0 saturated carbocycles. The van der Waals surface area contributed by atoms with Crippen LogP contribution in [0.5, 0.6) is 0 Å². The largest absolute Gasteiger partial charge is 0.368 e. The minimum absolute atomic E-state index is 0.351. The average Bonchev–Trinajstić information content (AvgIpc) is 2.92. The van der Waals surface area contributed by atoms with Crippen molar-refractivity contribution in [2.75, 3.05) is 12.0 Å². The first kappa shape index (κ1) is 16.0. The number of halogens is 4. The number of hydrogen-bond donors (Lipinski definition) is 1. The third kappa shape index (κ3) is 2.42. The van der Waals surface area contributed by atoms with Gasteiger partial charge in [-0.1, -0.05) is 0 Å². The van der Waals surface area contributed by atoms with Crippen LogP contribution in [-0.2, 0) is 9.84 Å². The number of benzene rings is 1. The maximum Gasteiger partial charge on any atom is 0.258 e. The van der Waals surface area contributed by atoms with Gasteiger partial charge >= 0.3 is 0 Å². The highest BCUT2D eigenvalue weighted by molar-refractivity contribution is 7.90. The molecule has 126 valence electrons. The molecule has 0 saturated heterocycles. The number of rotatable bonds is 2. The minimum atomic E-state index is -3.83. The molecule has 2 N–H and O–H groups in total. The van der Waals surface area contributed by atoms with E-state index in [1.807, 2.05) is 0 Å². The molecule has 3 aromatic rings. The number of hydrogen-bond acceptors (Lipinski definition) is 7. The van der Waals surface area contributed by atoms with E-state index in [-0.39, 0.29) is 0 Å². The van der Waals surface area contributed by atoms with E-state index >= 15 is 0 Å². The number of nitrogens with two attached hydrogens (primary N) is 1. The van der Waals surface area contributed by atoms with E-state index in [0.29, 0.717) is 6.07 Å². The van der Waals surface area contributed by atoms with E-state index < -0.39 is 61.4 Å². The van der Waals surface area contributed by atoms with E-state index in [4.69, 9.17) is 5.73 Å². The van der Waals surface area contributed by atoms with Crippen LogP contribution in [-0.4, -0.2) is 39.2 Å². The lowest BCUT2D eigenvalue weighted by molar-refractivity contribution is 0.410. The van der Waals surface area contributed by atoms with E-state index in [1.165, 1.54) is 0 Å². The average molecular weight is 362 g/mol. The summed E-state index contributed by atoms with van der Waals surface area (Å²) in [5, 5.41) is 2.98. The Balaban J connectivity index is 2.28. The van der Waals surface area contributed by atoms with Crippen LogP contribution in [0.2, 0.25) is 0 Å². The van der Waals surface area contributed by atoms with E-state index in [9.17, 15) is 26.0 Å². The molecule has 2 aromatic heterocycles. The highest BCUT2D eigenvalue weighted by Gasteiger charge is 2.24. The van der Waals surface area contributed by atoms with Crippen molar-refractivity contribution in [2.45, 2.75) is 5.16 Å². The fraction of sp³-hybridized carbons (Fsp3) is 0.0909. The van der Waals surface area contributed by atoms with Gasteiger partial charge in [-0.25, -0.2) is 26.0 Å². The Morgan fingerprint density at radius 1 is 1.04 bits per heavy atom. The molecule has 0 aliphatic carbocycles. The van der Waals surface area contributed by atoms with Crippen molar-refractivity contribution in [3.8, 4) is 11.4 Å². The molecule has 0 spiro atoms. The van der Waals surface area contributed by atoms with E-state index in [0.717, 1.165) is 10.8 Å². The van der Waals surface area contributed by atoms with Gasteiger partial charge in [-0.15, -0.1) is 5.10 Å². The Labute approximate surface area is 130 Å². The van der Waals surface area contributed by atoms with Crippen LogP contribution in [0.25, 0.3) is 17.2 Å². The SMILES string of the molecule is CS(=O)(=O)c1nc(N)n2nc(-c3cc(F)c(F)c(F)c3F)nc2n1. The smallest absolute Gasteiger partial charge is 0.258 e. The molecule has 3 rings (SSSR count). The molecule has 0 atom stereocenters. The quantitative estimate of drug-likeness (QED) is 0.406. The number of fused-ring (bicyclic) bond motifs is 1. The summed E-state index contributed by atoms with van der Waals surface area (Å²) in [6.07, 6.45) is 0.819. The lowest BCUT2D eigenvalue weighted by Gasteiger charge is -2.01. The summed E-state index contributed by atoms with van der Waals surface area (Å²) in [6, 6.07) is 0.351. The fourth-order valence-corrected chi connectivity index (χ4v) is 2.31. The lowest BCUT2D eigenvalue weighted by Crippen LogP contribution is -2.11. The Kier molecular flexibility index (Phi) is 3.40. The van der Waals surface area contributed by atoms with Crippen LogP contribution in [0, 0.1) is 23.3 Å². The Morgan fingerprint density at radius 2 is 1.71 bits per heavy atom. The topological polar surface area (TPSA) is 116 Å². The predicted molar refractivity (Wildman–Crippen MR) is 71.4 cm³/mol. The third-order valence-electron chi connectivity index (χ3n) is 2.89. The van der Waals surface area contributed by atoms with E-state index in [2.05, 4.69) is 20.1 Å². The molecule has 24 heavy (non-hydrogen) atoms. The zero-order valence-corrected chi connectivity index (χ0v) is 12.4. The molecule has 0 aliphatic heterocycles. The summed E-state index contributed by atoms with van der Waals surface area (Å²) in [5.41, 5.74) is 4.72. The Hall–Kier alpha value is -2.83. The van der Waals surface area contributed by atoms with Crippen molar-refractivity contribution in [3.05, 3.63) is 29.3 Å². The second kappa shape index (κ2) is 5.09. The van der Waals surface area contributed by atoms with Gasteiger partial charge in [-0.3, -0.25) is 0 Å². The molecule has 8 nitrogen and oxygen atoms in total. The number of anilines is 1. The maximum absolute atomic E-state index is 13.8. The first-order valence-electron chi connectivity index (χ1n) is 6.03. The monoisotopic (exact) mass is 362 g/mol. The normalized spacial score (nSPS) is 12.0. The molecule has 0 unspecified atom stereocenters. The summed E-state index contributed by atoms with van der Waals surface area (Å²) < 4.78 is 77.0. The Bertz CT molecular complexity index is 1100. The molecule has 0 aliphatic rings. The van der Waals surface area contributed by atoms with Crippen molar-refractivity contribution >= 4 is 21.6 Å². The number of sulfone groups is 1. The van der Waals surface area contributed by atoms with Crippen molar-refractivity contribution in [3.63, 3.8) is 0 Å². The molecule has 0 radical (unpaired) electrons. The van der Waals surface area contributed by atoms with Crippen molar-refractivity contribution < 1.29 is 26.0 Å². The molecule has 0 amide bonds. The zero-order valence-electron chi connectivity index (χ0n) is 11.6. The van der Waals surface area contributed by atoms with Crippen molar-refractivity contribution in [1.82, 2.24) is 24.6 Å². The van der Waals surface area contributed by atoms with Gasteiger partial charge in [0.25, 0.3) is 10.9 Å². The van der Waals surface area contributed by atoms with Crippen LogP contribution in [0.1, 0.15) is 0 Å². The number of aromatic nitrogens is 5. The van der Waals surface area contributed by atoms with Gasteiger partial charge in [-0.05, 0) is 6.07 Å². The fourth-order valence-electron chi connectivity index (χ4n) is 1.80. The predicted octanol–water partition coefficient (Wildman–Crippen LogP) is 0.728. The minimum Gasteiger partial charge on any atom is -0.368 e. The van der Waals surface area contributed by atoms with Gasteiger partial charge in [0.05, 0.1) is 5.56 Å². The highest BCUT2D eigenvalue weighted by Crippen LogP contribution is 2.26. The Morgan fingerprint density at radius 3 is 2.33 bits per heavy atom. The molecule has 1 aromatic carbocycles. The van der Waals surface area contributed by atoms with Gasteiger partial charge in [0.1, 0.15) is 0 Å². The summed E-state index contributed by atoms with van der Waals surface area (Å²) in [7, 11) is -3.83. The summed E-state index contributed by atoms with van der Waals surface area (Å²) in [6.45, 7) is 0. The standard InChI is InChI=1S/C11H6F4N6O2S/c1-24(22,23)11-18-9(16)21-10(19-11)17-8(20-21)3-2-4(12)6(14)7(15)5(3)13/h2H,1H3,(H2,16,17,18,19,20). The summed E-state index contributed by atoms with van der Waals surface area (Å²) in [5.74, 6) is -8.85. The van der Waals surface area contributed by atoms with Gasteiger partial charge in [0.2, 0.25) is 15.8 Å². The van der Waals surface area contributed by atoms with Gasteiger partial charge in [-0.2, -0.15) is 19.5 Å². The molecule has 0 fully saturated rings. The van der Waals surface area contributed by atoms with Crippen LogP contribution in [0.3, 0.4) is 0 Å². The summed E-state index contributed by atoms with van der Waals surface area (Å²) in [4.78, 5) is 10.7. The van der Waals surface area contributed by atoms with Gasteiger partial charge in [0.15, 0.2) is 29.1 Å². The first-order valence-corrected chi connectivity index (χ1v) is 7.92. The second-order valence-electron chi connectivity index (χ2n) is 4.63. The lowest BCUT2D eigenvalue weighted by atomic mass is 10.2. The molecular weight excluding hydrogens is 356 g/mol. The third-order valence-corrected chi connectivity index (χ3v) is 3.73. The maximum atomic E-state index is 13.8. The molecule has 13 heteroatoms. The highest BCUT2D eigenvalue weighted by atomic mass is 32.2. The van der Waals surface area contributed by atoms with Crippen molar-refractivity contribution in [1.29, 1.82) is 0 Å². The van der Waals surface area contributed by atoms with E-state index in [1.54, 1.807) is 0 Å². The van der Waals surface area contributed by atoms with Crippen LogP contribution < -0.4 is 5.73 Å². The summed E-state index contributed by atoms with van der Waals surface area (Å²) >= 11 is 0. The molecule has 0 bridgehead atoms. The number of nitrogens with zero attached hydrogens (tertiary/aromatic N) is 5. The van der Waals surface area contributed by atoms with Gasteiger partial charge in [0, 0.05) is 6.26 Å². The van der Waals surface area contributed by atoms with Gasteiger partial charge < -0.3 is 5.73 Å². The van der Waals surface area contributed by atoms with Crippen LogP contribution >= 0.6 is 0 Å². The van der Waals surface area contributed by atoms with Crippen LogP contribution in [0.15, 0.2) is 11.2 Å². The number of nitrogen functional groups attached to an aromatic ring is 1. The first-order chi connectivity index (χ1) is 11.1.